The molecule has 3 nitrogen and oxygen atoms in total. The van der Waals surface area contributed by atoms with Crippen molar-refractivity contribution in [2.45, 2.75) is 82.6 Å². The van der Waals surface area contributed by atoms with E-state index in [2.05, 4.69) is 13.8 Å². The van der Waals surface area contributed by atoms with Crippen LogP contribution in [0.3, 0.4) is 0 Å². The molecule has 4 aliphatic rings. The molecule has 0 aromatic heterocycles. The van der Waals surface area contributed by atoms with Crippen molar-refractivity contribution in [2.75, 3.05) is 0 Å². The molecular formula is C25H33FO3S. The molecule has 7 unspecified atom stereocenters. The number of Topliss-reactive ketones (excluding diaryl/α,β-unsaturated/α-hetero) is 1. The van der Waals surface area contributed by atoms with Crippen LogP contribution in [-0.2, 0) is 20.1 Å². The van der Waals surface area contributed by atoms with Crippen LogP contribution in [0.4, 0.5) is 4.39 Å². The van der Waals surface area contributed by atoms with Crippen LogP contribution in [-0.4, -0.2) is 16.1 Å². The van der Waals surface area contributed by atoms with E-state index >= 15 is 0 Å². The smallest absolute Gasteiger partial charge is 0.192 e. The van der Waals surface area contributed by atoms with Gasteiger partial charge in [0.15, 0.2) is 11.1 Å². The van der Waals surface area contributed by atoms with Crippen molar-refractivity contribution in [3.05, 3.63) is 30.1 Å². The second-order valence-corrected chi connectivity index (χ2v) is 11.8. The molecule has 4 aliphatic carbocycles. The Kier molecular flexibility index (Phi) is 5.21. The van der Waals surface area contributed by atoms with Gasteiger partial charge in [-0.15, -0.1) is 0 Å². The largest absolute Gasteiger partial charge is 0.299 e. The molecule has 164 valence electrons. The zero-order valence-electron chi connectivity index (χ0n) is 18.1. The quantitative estimate of drug-likeness (QED) is 0.602. The third-order valence-electron chi connectivity index (χ3n) is 9.57. The minimum absolute atomic E-state index is 0.0676. The van der Waals surface area contributed by atoms with Crippen LogP contribution in [0.25, 0.3) is 0 Å². The predicted octanol–water partition coefficient (Wildman–Crippen LogP) is 5.85. The summed E-state index contributed by atoms with van der Waals surface area (Å²) in [5.74, 6) is 2.56. The molecule has 8 atom stereocenters. The Morgan fingerprint density at radius 1 is 1.03 bits per heavy atom. The number of hydrogen-bond donors (Lipinski definition) is 0. The molecule has 4 fully saturated rings. The highest BCUT2D eigenvalue weighted by molar-refractivity contribution is 7.80. The van der Waals surface area contributed by atoms with E-state index < -0.39 is 16.9 Å². The SMILES string of the molecule is CC12CCC3C(CCC4CC(O[S@@](=O)c5ccccc5F)CCC43C)C1CCC2=O. The lowest BCUT2D eigenvalue weighted by Crippen LogP contribution is -2.54. The molecule has 30 heavy (non-hydrogen) atoms. The highest BCUT2D eigenvalue weighted by atomic mass is 32.2. The average Bonchev–Trinajstić information content (AvgIpc) is 3.03. The summed E-state index contributed by atoms with van der Waals surface area (Å²) >= 11 is -1.75. The lowest BCUT2D eigenvalue weighted by molar-refractivity contribution is -0.141. The summed E-state index contributed by atoms with van der Waals surface area (Å²) in [7, 11) is 0. The third-order valence-corrected chi connectivity index (χ3v) is 10.7. The maximum Gasteiger partial charge on any atom is 0.192 e. The fraction of sp³-hybridized carbons (Fsp3) is 0.720. The van der Waals surface area contributed by atoms with E-state index in [9.17, 15) is 13.4 Å². The highest BCUT2D eigenvalue weighted by Crippen LogP contribution is 2.65. The standard InChI is InChI=1S/C25H33FO3S/c1-24-13-11-17(29-30(28)22-6-4-3-5-21(22)26)15-16(24)7-8-18-19-9-10-23(27)25(19,2)14-12-20(18)24/h3-6,16-20H,7-15H2,1-2H3/t16?,17?,18?,19?,20?,24?,25?,30-/m1/s1. The van der Waals surface area contributed by atoms with Gasteiger partial charge in [-0.25, -0.2) is 8.60 Å². The van der Waals surface area contributed by atoms with E-state index in [1.54, 1.807) is 18.2 Å². The first-order valence-electron chi connectivity index (χ1n) is 11.7. The Balaban J connectivity index is 1.29. The van der Waals surface area contributed by atoms with Gasteiger partial charge in [0.05, 0.1) is 6.10 Å². The van der Waals surface area contributed by atoms with Gasteiger partial charge in [0.1, 0.15) is 16.5 Å². The second-order valence-electron chi connectivity index (χ2n) is 10.7. The van der Waals surface area contributed by atoms with Gasteiger partial charge in [-0.2, -0.15) is 0 Å². The summed E-state index contributed by atoms with van der Waals surface area (Å²) in [5.41, 5.74) is 0.219. The van der Waals surface area contributed by atoms with Gasteiger partial charge in [0.25, 0.3) is 0 Å². The average molecular weight is 433 g/mol. The minimum atomic E-state index is -1.75. The highest BCUT2D eigenvalue weighted by Gasteiger charge is 2.60. The fourth-order valence-electron chi connectivity index (χ4n) is 7.83. The molecule has 5 rings (SSSR count). The van der Waals surface area contributed by atoms with Crippen molar-refractivity contribution in [3.8, 4) is 0 Å². The first-order valence-corrected chi connectivity index (χ1v) is 12.8. The monoisotopic (exact) mass is 432 g/mol. The number of benzene rings is 1. The molecule has 0 bridgehead atoms. The van der Waals surface area contributed by atoms with Crippen LogP contribution in [0.1, 0.15) is 71.6 Å². The van der Waals surface area contributed by atoms with Crippen molar-refractivity contribution in [3.63, 3.8) is 0 Å². The van der Waals surface area contributed by atoms with Crippen molar-refractivity contribution < 1.29 is 17.6 Å². The first-order chi connectivity index (χ1) is 14.3. The van der Waals surface area contributed by atoms with Crippen molar-refractivity contribution in [2.24, 2.45) is 34.5 Å². The second kappa shape index (κ2) is 7.51. The Morgan fingerprint density at radius 3 is 2.63 bits per heavy atom. The Labute approximate surface area is 181 Å². The molecule has 1 aromatic rings. The predicted molar refractivity (Wildman–Crippen MR) is 114 cm³/mol. The molecule has 0 radical (unpaired) electrons. The Morgan fingerprint density at radius 2 is 1.83 bits per heavy atom. The molecule has 0 saturated heterocycles. The molecule has 0 aliphatic heterocycles. The molecule has 0 amide bonds. The van der Waals surface area contributed by atoms with Crippen LogP contribution < -0.4 is 0 Å². The first kappa shape index (κ1) is 20.8. The lowest BCUT2D eigenvalue weighted by atomic mass is 9.45. The normalized spacial score (nSPS) is 44.1. The molecular weight excluding hydrogens is 399 g/mol. The van der Waals surface area contributed by atoms with Gasteiger partial charge in [-0.1, -0.05) is 26.0 Å². The summed E-state index contributed by atoms with van der Waals surface area (Å²) in [4.78, 5) is 12.7. The van der Waals surface area contributed by atoms with Gasteiger partial charge < -0.3 is 0 Å². The topological polar surface area (TPSA) is 43.4 Å². The molecule has 0 N–H and O–H groups in total. The number of hydrogen-bond acceptors (Lipinski definition) is 3. The van der Waals surface area contributed by atoms with Crippen LogP contribution in [0.15, 0.2) is 29.2 Å². The maximum atomic E-state index is 14.0. The summed E-state index contributed by atoms with van der Waals surface area (Å²) in [5, 5.41) is 0. The fourth-order valence-corrected chi connectivity index (χ4v) is 8.78. The van der Waals surface area contributed by atoms with Crippen LogP contribution in [0.2, 0.25) is 0 Å². The van der Waals surface area contributed by atoms with Gasteiger partial charge in [-0.05, 0) is 92.6 Å². The van der Waals surface area contributed by atoms with Gasteiger partial charge in [0.2, 0.25) is 0 Å². The van der Waals surface area contributed by atoms with Crippen molar-refractivity contribution >= 4 is 16.9 Å². The summed E-state index contributed by atoms with van der Waals surface area (Å²) < 4.78 is 32.5. The summed E-state index contributed by atoms with van der Waals surface area (Å²) in [6.45, 7) is 4.71. The molecule has 0 heterocycles. The summed E-state index contributed by atoms with van der Waals surface area (Å²) in [6, 6.07) is 6.18. The minimum Gasteiger partial charge on any atom is -0.299 e. The number of rotatable bonds is 3. The number of halogens is 1. The Hall–Kier alpha value is -1.07. The lowest BCUT2D eigenvalue weighted by Gasteiger charge is -2.60. The van der Waals surface area contributed by atoms with Crippen LogP contribution >= 0.6 is 0 Å². The molecule has 5 heteroatoms. The number of carbonyl (C=O) groups is 1. The van der Waals surface area contributed by atoms with E-state index in [0.29, 0.717) is 29.5 Å². The number of fused-ring (bicyclic) bond motifs is 5. The molecule has 1 aromatic carbocycles. The zero-order valence-corrected chi connectivity index (χ0v) is 18.9. The van der Waals surface area contributed by atoms with Crippen molar-refractivity contribution in [1.29, 1.82) is 0 Å². The van der Waals surface area contributed by atoms with Gasteiger partial charge in [-0.3, -0.25) is 8.98 Å². The van der Waals surface area contributed by atoms with E-state index in [1.165, 1.54) is 25.3 Å². The Bertz CT molecular complexity index is 872. The van der Waals surface area contributed by atoms with Gasteiger partial charge >= 0.3 is 0 Å². The van der Waals surface area contributed by atoms with E-state index in [4.69, 9.17) is 4.18 Å². The molecule has 4 saturated carbocycles. The maximum absolute atomic E-state index is 14.0. The van der Waals surface area contributed by atoms with Crippen molar-refractivity contribution in [1.82, 2.24) is 0 Å². The third kappa shape index (κ3) is 3.14. The zero-order chi connectivity index (χ0) is 21.1. The van der Waals surface area contributed by atoms with E-state index in [1.807, 2.05) is 0 Å². The van der Waals surface area contributed by atoms with E-state index in [-0.39, 0.29) is 21.8 Å². The van der Waals surface area contributed by atoms with Crippen LogP contribution in [0.5, 0.6) is 0 Å². The summed E-state index contributed by atoms with van der Waals surface area (Å²) in [6.07, 6.45) is 9.29. The van der Waals surface area contributed by atoms with Crippen LogP contribution in [0, 0.1) is 40.3 Å². The van der Waals surface area contributed by atoms with Gasteiger partial charge in [0, 0.05) is 11.8 Å². The van der Waals surface area contributed by atoms with E-state index in [0.717, 1.165) is 38.5 Å². The number of carbonyl (C=O) groups excluding carboxylic acids is 1. The molecule has 0 spiro atoms. The number of ketones is 1.